The van der Waals surface area contributed by atoms with Crippen molar-refractivity contribution in [1.82, 2.24) is 5.32 Å². The molecule has 2 N–H and O–H groups in total. The molecule has 3 heteroatoms. The highest BCUT2D eigenvalue weighted by Crippen LogP contribution is 2.11. The first-order valence-corrected chi connectivity index (χ1v) is 8.68. The maximum atomic E-state index is 11.4. The molecule has 0 unspecified atom stereocenters. The van der Waals surface area contributed by atoms with E-state index in [4.69, 9.17) is 5.11 Å². The largest absolute Gasteiger partial charge is 0.396 e. The summed E-state index contributed by atoms with van der Waals surface area (Å²) in [6.45, 7) is 3.01. The van der Waals surface area contributed by atoms with Crippen molar-refractivity contribution in [3.63, 3.8) is 0 Å². The minimum absolute atomic E-state index is 0.134. The summed E-state index contributed by atoms with van der Waals surface area (Å²) < 4.78 is 0. The third-order valence-electron chi connectivity index (χ3n) is 3.66. The summed E-state index contributed by atoms with van der Waals surface area (Å²) >= 11 is 0. The molecule has 1 amide bonds. The van der Waals surface area contributed by atoms with Gasteiger partial charge in [-0.3, -0.25) is 4.79 Å². The Bertz CT molecular complexity index is 207. The molecule has 0 rings (SSSR count). The maximum absolute atomic E-state index is 11.4. The highest BCUT2D eigenvalue weighted by molar-refractivity contribution is 5.75. The quantitative estimate of drug-likeness (QED) is 0.443. The Balaban J connectivity index is 3.07. The second-order valence-electron chi connectivity index (χ2n) is 5.71. The number of carbonyl (C=O) groups is 1. The van der Waals surface area contributed by atoms with Crippen LogP contribution in [0.15, 0.2) is 0 Å². The molecule has 0 aromatic rings. The van der Waals surface area contributed by atoms with E-state index >= 15 is 0 Å². The van der Waals surface area contributed by atoms with Gasteiger partial charge in [0, 0.05) is 19.6 Å². The van der Waals surface area contributed by atoms with Crippen molar-refractivity contribution in [3.8, 4) is 0 Å². The number of nitrogens with one attached hydrogen (secondary N) is 1. The van der Waals surface area contributed by atoms with Crippen molar-refractivity contribution in [3.05, 3.63) is 0 Å². The lowest BCUT2D eigenvalue weighted by Crippen LogP contribution is -2.24. The fourth-order valence-electron chi connectivity index (χ4n) is 2.35. The fourth-order valence-corrected chi connectivity index (χ4v) is 2.35. The summed E-state index contributed by atoms with van der Waals surface area (Å²) in [7, 11) is 0. The van der Waals surface area contributed by atoms with Crippen molar-refractivity contribution in [1.29, 1.82) is 0 Å². The standard InChI is InChI=1S/C17H35NO2/c1-2-3-4-5-6-7-8-9-10-11-12-14-17(20)18-15-13-16-19/h19H,2-16H2,1H3,(H,18,20). The average molecular weight is 285 g/mol. The van der Waals surface area contributed by atoms with Gasteiger partial charge < -0.3 is 10.4 Å². The molecule has 0 atom stereocenters. The summed E-state index contributed by atoms with van der Waals surface area (Å²) in [5, 5.41) is 11.4. The number of aliphatic hydroxyl groups excluding tert-OH is 1. The average Bonchev–Trinajstić information content (AvgIpc) is 2.45. The molecule has 0 bridgehead atoms. The van der Waals surface area contributed by atoms with E-state index in [-0.39, 0.29) is 12.5 Å². The van der Waals surface area contributed by atoms with Crippen molar-refractivity contribution >= 4 is 5.91 Å². The lowest BCUT2D eigenvalue weighted by molar-refractivity contribution is -0.121. The van der Waals surface area contributed by atoms with Crippen LogP contribution in [0.1, 0.15) is 90.4 Å². The fraction of sp³-hybridized carbons (Fsp3) is 0.941. The molecule has 0 aliphatic carbocycles. The number of carbonyl (C=O) groups excluding carboxylic acids is 1. The van der Waals surface area contributed by atoms with Crippen LogP contribution in [-0.2, 0) is 4.79 Å². The van der Waals surface area contributed by atoms with Crippen LogP contribution in [0.4, 0.5) is 0 Å². The van der Waals surface area contributed by atoms with Crippen LogP contribution in [0.2, 0.25) is 0 Å². The molecule has 0 spiro atoms. The Labute approximate surface area is 125 Å². The highest BCUT2D eigenvalue weighted by Gasteiger charge is 1.99. The maximum Gasteiger partial charge on any atom is 0.219 e. The van der Waals surface area contributed by atoms with Crippen LogP contribution in [0.5, 0.6) is 0 Å². The van der Waals surface area contributed by atoms with Crippen molar-refractivity contribution in [2.75, 3.05) is 13.2 Å². The van der Waals surface area contributed by atoms with Crippen molar-refractivity contribution in [2.45, 2.75) is 90.4 Å². The van der Waals surface area contributed by atoms with E-state index in [9.17, 15) is 4.79 Å². The Morgan fingerprint density at radius 2 is 1.30 bits per heavy atom. The van der Waals surface area contributed by atoms with Crippen LogP contribution in [0.25, 0.3) is 0 Å². The molecule has 0 radical (unpaired) electrons. The topological polar surface area (TPSA) is 49.3 Å². The van der Waals surface area contributed by atoms with Crippen LogP contribution < -0.4 is 5.32 Å². The number of amides is 1. The van der Waals surface area contributed by atoms with Crippen LogP contribution in [0.3, 0.4) is 0 Å². The molecule has 0 fully saturated rings. The van der Waals surface area contributed by atoms with E-state index < -0.39 is 0 Å². The zero-order chi connectivity index (χ0) is 14.9. The number of hydrogen-bond acceptors (Lipinski definition) is 2. The molecule has 3 nitrogen and oxygen atoms in total. The molecule has 0 saturated heterocycles. The van der Waals surface area contributed by atoms with Crippen LogP contribution in [0, 0.1) is 0 Å². The predicted molar refractivity (Wildman–Crippen MR) is 85.8 cm³/mol. The van der Waals surface area contributed by atoms with Gasteiger partial charge in [-0.15, -0.1) is 0 Å². The van der Waals surface area contributed by atoms with Crippen LogP contribution in [-0.4, -0.2) is 24.2 Å². The van der Waals surface area contributed by atoms with Crippen molar-refractivity contribution in [2.24, 2.45) is 0 Å². The van der Waals surface area contributed by atoms with Gasteiger partial charge >= 0.3 is 0 Å². The van der Waals surface area contributed by atoms with Gasteiger partial charge in [-0.25, -0.2) is 0 Å². The lowest BCUT2D eigenvalue weighted by atomic mass is 10.1. The molecule has 0 heterocycles. The zero-order valence-corrected chi connectivity index (χ0v) is 13.5. The van der Waals surface area contributed by atoms with Crippen LogP contribution >= 0.6 is 0 Å². The monoisotopic (exact) mass is 285 g/mol. The summed E-state index contributed by atoms with van der Waals surface area (Å²) in [5.74, 6) is 0.134. The number of hydrogen-bond donors (Lipinski definition) is 2. The Kier molecular flexibility index (Phi) is 16.0. The smallest absolute Gasteiger partial charge is 0.219 e. The van der Waals surface area contributed by atoms with E-state index in [1.807, 2.05) is 0 Å². The third kappa shape index (κ3) is 15.5. The second-order valence-corrected chi connectivity index (χ2v) is 5.71. The summed E-state index contributed by atoms with van der Waals surface area (Å²) in [6.07, 6.45) is 15.7. The molecule has 120 valence electrons. The zero-order valence-electron chi connectivity index (χ0n) is 13.5. The first kappa shape index (κ1) is 19.4. The second kappa shape index (κ2) is 16.5. The van der Waals surface area contributed by atoms with Gasteiger partial charge in [-0.05, 0) is 12.8 Å². The lowest BCUT2D eigenvalue weighted by Gasteiger charge is -2.04. The molecule has 0 aliphatic rings. The first-order chi connectivity index (χ1) is 9.81. The number of aliphatic hydroxyl groups is 1. The predicted octanol–water partition coefficient (Wildman–Crippen LogP) is 4.19. The molecule has 0 aliphatic heterocycles. The molecular weight excluding hydrogens is 250 g/mol. The van der Waals surface area contributed by atoms with Gasteiger partial charge in [0.05, 0.1) is 0 Å². The molecular formula is C17H35NO2. The van der Waals surface area contributed by atoms with Gasteiger partial charge in [-0.2, -0.15) is 0 Å². The van der Waals surface area contributed by atoms with E-state index in [1.54, 1.807) is 0 Å². The summed E-state index contributed by atoms with van der Waals surface area (Å²) in [4.78, 5) is 11.4. The Morgan fingerprint density at radius 1 is 0.800 bits per heavy atom. The molecule has 0 saturated carbocycles. The van der Waals surface area contributed by atoms with E-state index in [0.717, 1.165) is 6.42 Å². The van der Waals surface area contributed by atoms with Gasteiger partial charge in [0.1, 0.15) is 0 Å². The van der Waals surface area contributed by atoms with E-state index in [0.29, 0.717) is 19.4 Å². The molecule has 0 aromatic heterocycles. The highest BCUT2D eigenvalue weighted by atomic mass is 16.3. The van der Waals surface area contributed by atoms with E-state index in [2.05, 4.69) is 12.2 Å². The number of unbranched alkanes of at least 4 members (excludes halogenated alkanes) is 10. The third-order valence-corrected chi connectivity index (χ3v) is 3.66. The minimum Gasteiger partial charge on any atom is -0.396 e. The number of rotatable bonds is 15. The minimum atomic E-state index is 0.134. The van der Waals surface area contributed by atoms with Gasteiger partial charge in [-0.1, -0.05) is 71.1 Å². The SMILES string of the molecule is CCCCCCCCCCCCCC(=O)NCCCO. The summed E-state index contributed by atoms with van der Waals surface area (Å²) in [5.41, 5.74) is 0. The summed E-state index contributed by atoms with van der Waals surface area (Å²) in [6, 6.07) is 0. The normalized spacial score (nSPS) is 10.7. The van der Waals surface area contributed by atoms with Gasteiger partial charge in [0.15, 0.2) is 0 Å². The first-order valence-electron chi connectivity index (χ1n) is 8.68. The van der Waals surface area contributed by atoms with Gasteiger partial charge in [0.25, 0.3) is 0 Å². The van der Waals surface area contributed by atoms with Crippen molar-refractivity contribution < 1.29 is 9.90 Å². The van der Waals surface area contributed by atoms with Gasteiger partial charge in [0.2, 0.25) is 5.91 Å². The Morgan fingerprint density at radius 3 is 1.80 bits per heavy atom. The Hall–Kier alpha value is -0.570. The molecule has 20 heavy (non-hydrogen) atoms. The molecule has 0 aromatic carbocycles. The van der Waals surface area contributed by atoms with E-state index in [1.165, 1.54) is 64.2 Å².